The van der Waals surface area contributed by atoms with Crippen molar-refractivity contribution in [2.75, 3.05) is 20.8 Å². The Hall–Kier alpha value is -2.28. The van der Waals surface area contributed by atoms with Gasteiger partial charge in [-0.2, -0.15) is 0 Å². The molecule has 0 heterocycles. The second-order valence-corrected chi connectivity index (χ2v) is 8.38. The molecule has 0 bridgehead atoms. The Balaban J connectivity index is 0. The maximum atomic E-state index is 11.1. The molecule has 1 rings (SSSR count). The summed E-state index contributed by atoms with van der Waals surface area (Å²) in [6.07, 6.45) is 5.27. The molecular weight excluding hydrogens is 453 g/mol. The van der Waals surface area contributed by atoms with E-state index in [2.05, 4.69) is 10.4 Å². The molecule has 2 amide bonds. The van der Waals surface area contributed by atoms with Gasteiger partial charge in [0.05, 0.1) is 12.2 Å². The summed E-state index contributed by atoms with van der Waals surface area (Å²) >= 11 is 0. The summed E-state index contributed by atoms with van der Waals surface area (Å²) in [7, 11) is 3.78. The predicted octanol–water partition coefficient (Wildman–Crippen LogP) is 3.73. The van der Waals surface area contributed by atoms with Gasteiger partial charge in [-0.05, 0) is 47.2 Å². The highest BCUT2D eigenvalue weighted by Gasteiger charge is 2.15. The van der Waals surface area contributed by atoms with Gasteiger partial charge >= 0.3 is 5.97 Å². The molecule has 1 aromatic carbocycles. The molecule has 1 aromatic rings. The molecule has 0 fully saturated rings. The van der Waals surface area contributed by atoms with E-state index in [4.69, 9.17) is 9.47 Å². The quantitative estimate of drug-likeness (QED) is 0.198. The fourth-order valence-electron chi connectivity index (χ4n) is 2.45. The van der Waals surface area contributed by atoms with E-state index in [9.17, 15) is 14.4 Å². The van der Waals surface area contributed by atoms with Crippen LogP contribution in [-0.4, -0.2) is 68.3 Å². The first-order valence-corrected chi connectivity index (χ1v) is 12.9. The summed E-state index contributed by atoms with van der Waals surface area (Å²) in [5.74, 6) is -0.405. The summed E-state index contributed by atoms with van der Waals surface area (Å²) in [4.78, 5) is 34.5. The first-order chi connectivity index (χ1) is 16.2. The molecule has 0 aliphatic rings. The standard InChI is InChI=1S/C12H22N2O3.C7H16NO2P.C6H6/c1-5-11(17-4)8-10(2)14(9-15)7-6-12(16)13-3;1-5(2)10-7(9)6(3)8-11-4;1-2-4-6-5-3-1/h6-7,9-11H,5,8H2,1-4H3,(H,13,16);5-6,8,11H,1-4H3;1-6H/b7-6-;;. The van der Waals surface area contributed by atoms with Crippen LogP contribution >= 0.6 is 8.73 Å². The third-order valence-corrected chi connectivity index (χ3v) is 5.12. The Morgan fingerprint density at radius 1 is 1.06 bits per heavy atom. The van der Waals surface area contributed by atoms with Gasteiger partial charge in [0, 0.05) is 32.5 Å². The monoisotopic (exact) mass is 497 g/mol. The summed E-state index contributed by atoms with van der Waals surface area (Å²) in [5.41, 5.74) is 0. The third kappa shape index (κ3) is 19.2. The summed E-state index contributed by atoms with van der Waals surface area (Å²) in [5, 5.41) is 5.46. The maximum absolute atomic E-state index is 11.1. The number of carbonyl (C=O) groups is 3. The zero-order chi connectivity index (χ0) is 26.4. The van der Waals surface area contributed by atoms with Crippen LogP contribution in [0.3, 0.4) is 0 Å². The minimum Gasteiger partial charge on any atom is -0.462 e. The molecule has 34 heavy (non-hydrogen) atoms. The predicted molar refractivity (Wildman–Crippen MR) is 141 cm³/mol. The molecule has 0 saturated carbocycles. The Morgan fingerprint density at radius 3 is 1.94 bits per heavy atom. The van der Waals surface area contributed by atoms with Gasteiger partial charge in [0.25, 0.3) is 0 Å². The number of benzene rings is 1. The first-order valence-electron chi connectivity index (χ1n) is 11.4. The van der Waals surface area contributed by atoms with Gasteiger partial charge in [0.2, 0.25) is 12.3 Å². The van der Waals surface area contributed by atoms with E-state index >= 15 is 0 Å². The SMILES string of the molecule is CCC(CC(C)N(C=O)/C=C\C(=O)NC)OC.CPNC(C)C(=O)OC(C)C.c1ccccc1. The summed E-state index contributed by atoms with van der Waals surface area (Å²) in [6, 6.07) is 11.8. The molecule has 0 aliphatic carbocycles. The fourth-order valence-corrected chi connectivity index (χ4v) is 3.00. The highest BCUT2D eigenvalue weighted by molar-refractivity contribution is 7.34. The molecule has 0 spiro atoms. The van der Waals surface area contributed by atoms with Gasteiger partial charge in [-0.1, -0.05) is 52.1 Å². The van der Waals surface area contributed by atoms with Gasteiger partial charge in [-0.3, -0.25) is 19.5 Å². The zero-order valence-electron chi connectivity index (χ0n) is 21.9. The number of rotatable bonds is 12. The van der Waals surface area contributed by atoms with Crippen LogP contribution < -0.4 is 10.4 Å². The van der Waals surface area contributed by atoms with E-state index in [1.807, 2.05) is 70.8 Å². The average Bonchev–Trinajstić information content (AvgIpc) is 2.84. The third-order valence-electron chi connectivity index (χ3n) is 4.40. The van der Waals surface area contributed by atoms with Crippen molar-refractivity contribution >= 4 is 27.0 Å². The highest BCUT2D eigenvalue weighted by Crippen LogP contribution is 2.10. The molecule has 0 aromatic heterocycles. The van der Waals surface area contributed by atoms with Gasteiger partial charge in [-0.15, -0.1) is 0 Å². The Morgan fingerprint density at radius 2 is 1.59 bits per heavy atom. The highest BCUT2D eigenvalue weighted by atomic mass is 31.1. The lowest BCUT2D eigenvalue weighted by Crippen LogP contribution is -2.31. The van der Waals surface area contributed by atoms with E-state index in [1.165, 1.54) is 17.2 Å². The van der Waals surface area contributed by atoms with Crippen molar-refractivity contribution in [1.29, 1.82) is 0 Å². The molecule has 4 atom stereocenters. The normalized spacial score (nSPS) is 13.2. The number of nitrogens with one attached hydrogen (secondary N) is 2. The van der Waals surface area contributed by atoms with Crippen molar-refractivity contribution in [3.63, 3.8) is 0 Å². The Kier molecular flexibility index (Phi) is 22.4. The topological polar surface area (TPSA) is 97.0 Å². The minimum atomic E-state index is -0.233. The Bertz CT molecular complexity index is 643. The van der Waals surface area contributed by atoms with Crippen LogP contribution in [0.25, 0.3) is 0 Å². The van der Waals surface area contributed by atoms with Crippen molar-refractivity contribution in [2.24, 2.45) is 0 Å². The van der Waals surface area contributed by atoms with Crippen LogP contribution in [-0.2, 0) is 23.9 Å². The lowest BCUT2D eigenvalue weighted by molar-refractivity contribution is -0.148. The van der Waals surface area contributed by atoms with E-state index in [1.54, 1.807) is 21.1 Å². The second-order valence-electron chi connectivity index (χ2n) is 7.59. The van der Waals surface area contributed by atoms with E-state index in [-0.39, 0.29) is 36.2 Å². The van der Waals surface area contributed by atoms with Crippen LogP contribution in [0.4, 0.5) is 0 Å². The molecule has 8 nitrogen and oxygen atoms in total. The summed E-state index contributed by atoms with van der Waals surface area (Å²) < 4.78 is 10.2. The summed E-state index contributed by atoms with van der Waals surface area (Å²) in [6.45, 7) is 11.4. The van der Waals surface area contributed by atoms with E-state index in [0.29, 0.717) is 15.1 Å². The van der Waals surface area contributed by atoms with Crippen LogP contribution in [0.15, 0.2) is 48.7 Å². The van der Waals surface area contributed by atoms with Gasteiger partial charge < -0.3 is 19.7 Å². The van der Waals surface area contributed by atoms with Gasteiger partial charge in [0.15, 0.2) is 0 Å². The number of methoxy groups -OCH3 is 1. The molecule has 194 valence electrons. The molecule has 9 heteroatoms. The number of nitrogens with zero attached hydrogens (tertiary/aromatic N) is 1. The molecule has 4 unspecified atom stereocenters. The number of ether oxygens (including phenoxy) is 2. The van der Waals surface area contributed by atoms with Crippen molar-refractivity contribution in [2.45, 2.75) is 71.8 Å². The number of hydrogen-bond acceptors (Lipinski definition) is 6. The van der Waals surface area contributed by atoms with Crippen LogP contribution in [0.1, 0.15) is 47.5 Å². The van der Waals surface area contributed by atoms with E-state index in [0.717, 1.165) is 12.8 Å². The fraction of sp³-hybridized carbons (Fsp3) is 0.560. The molecule has 2 N–H and O–H groups in total. The smallest absolute Gasteiger partial charge is 0.323 e. The lowest BCUT2D eigenvalue weighted by atomic mass is 10.1. The van der Waals surface area contributed by atoms with E-state index < -0.39 is 0 Å². The van der Waals surface area contributed by atoms with Crippen molar-refractivity contribution in [3.05, 3.63) is 48.7 Å². The number of carbonyl (C=O) groups excluding carboxylic acids is 3. The lowest BCUT2D eigenvalue weighted by Gasteiger charge is -2.24. The van der Waals surface area contributed by atoms with Crippen molar-refractivity contribution < 1.29 is 23.9 Å². The number of esters is 1. The number of amides is 2. The van der Waals surface area contributed by atoms with Crippen LogP contribution in [0, 0.1) is 0 Å². The van der Waals surface area contributed by atoms with Gasteiger partial charge in [-0.25, -0.2) is 0 Å². The van der Waals surface area contributed by atoms with Crippen molar-refractivity contribution in [3.8, 4) is 0 Å². The average molecular weight is 498 g/mol. The Labute approximate surface area is 207 Å². The van der Waals surface area contributed by atoms with Gasteiger partial charge in [0.1, 0.15) is 6.04 Å². The zero-order valence-corrected chi connectivity index (χ0v) is 22.9. The maximum Gasteiger partial charge on any atom is 0.323 e. The largest absolute Gasteiger partial charge is 0.462 e. The number of likely N-dealkylation sites (N-methyl/N-ethyl adjacent to an activating group) is 1. The minimum absolute atomic E-state index is 0.00157. The molecular formula is C25H44N3O5P. The second kappa shape index (κ2) is 22.5. The molecule has 0 saturated heterocycles. The van der Waals surface area contributed by atoms with Crippen LogP contribution in [0.5, 0.6) is 0 Å². The van der Waals surface area contributed by atoms with Crippen molar-refractivity contribution in [1.82, 2.24) is 15.3 Å². The molecule has 0 aliphatic heterocycles. The number of hydrogen-bond donors (Lipinski definition) is 2. The first kappa shape index (κ1) is 33.9. The van der Waals surface area contributed by atoms with Crippen LogP contribution in [0.2, 0.25) is 0 Å². The molecule has 0 radical (unpaired) electrons.